The van der Waals surface area contributed by atoms with E-state index in [0.717, 1.165) is 25.7 Å². The highest BCUT2D eigenvalue weighted by atomic mass is 16.7. The number of carbonyl (C=O) groups excluding carboxylic acids is 1. The fourth-order valence-corrected chi connectivity index (χ4v) is 3.87. The van der Waals surface area contributed by atoms with Crippen LogP contribution in [0.3, 0.4) is 0 Å². The molecule has 100 valence electrons. The molecule has 0 bridgehead atoms. The average molecular weight is 250 g/mol. The van der Waals surface area contributed by atoms with Gasteiger partial charge in [0.2, 0.25) is 0 Å². The molecule has 2 fully saturated rings. The van der Waals surface area contributed by atoms with Crippen LogP contribution < -0.4 is 0 Å². The van der Waals surface area contributed by atoms with Crippen molar-refractivity contribution in [1.82, 2.24) is 0 Å². The molecule has 4 atom stereocenters. The van der Waals surface area contributed by atoms with Crippen LogP contribution in [-0.2, 0) is 14.3 Å². The van der Waals surface area contributed by atoms with E-state index in [0.29, 0.717) is 11.7 Å². The molecule has 3 rings (SSSR count). The van der Waals surface area contributed by atoms with E-state index in [2.05, 4.69) is 6.08 Å². The lowest BCUT2D eigenvalue weighted by molar-refractivity contribution is -0.185. The Kier molecular flexibility index (Phi) is 3.07. The van der Waals surface area contributed by atoms with Crippen molar-refractivity contribution in [2.24, 2.45) is 11.8 Å². The fraction of sp³-hybridized carbons (Fsp3) is 0.800. The highest BCUT2D eigenvalue weighted by Crippen LogP contribution is 2.51. The van der Waals surface area contributed by atoms with Crippen LogP contribution >= 0.6 is 0 Å². The summed E-state index contributed by atoms with van der Waals surface area (Å²) >= 11 is 0. The molecule has 0 aromatic carbocycles. The van der Waals surface area contributed by atoms with E-state index in [1.54, 1.807) is 0 Å². The van der Waals surface area contributed by atoms with Crippen LogP contribution in [0.25, 0.3) is 0 Å². The van der Waals surface area contributed by atoms with Crippen LogP contribution in [0.15, 0.2) is 12.2 Å². The van der Waals surface area contributed by atoms with Crippen molar-refractivity contribution < 1.29 is 14.3 Å². The Hall–Kier alpha value is -0.670. The number of Topliss-reactive ketones (excluding diaryl/α,β-unsaturated/α-hetero) is 1. The number of ether oxygens (including phenoxy) is 2. The smallest absolute Gasteiger partial charge is 0.178 e. The van der Waals surface area contributed by atoms with E-state index in [1.807, 2.05) is 19.9 Å². The van der Waals surface area contributed by atoms with Gasteiger partial charge >= 0.3 is 0 Å². The van der Waals surface area contributed by atoms with E-state index < -0.39 is 0 Å². The van der Waals surface area contributed by atoms with E-state index >= 15 is 0 Å². The second-order valence-corrected chi connectivity index (χ2v) is 6.12. The van der Waals surface area contributed by atoms with E-state index in [9.17, 15) is 4.79 Å². The van der Waals surface area contributed by atoms with Gasteiger partial charge in [0.05, 0.1) is 17.6 Å². The number of ketones is 1. The van der Waals surface area contributed by atoms with Crippen molar-refractivity contribution in [1.29, 1.82) is 0 Å². The zero-order valence-electron chi connectivity index (χ0n) is 11.2. The van der Waals surface area contributed by atoms with Gasteiger partial charge < -0.3 is 9.47 Å². The lowest BCUT2D eigenvalue weighted by Gasteiger charge is -2.35. The third-order valence-electron chi connectivity index (χ3n) is 4.53. The summed E-state index contributed by atoms with van der Waals surface area (Å²) in [5, 5.41) is 0. The van der Waals surface area contributed by atoms with E-state index in [4.69, 9.17) is 9.47 Å². The van der Waals surface area contributed by atoms with Crippen molar-refractivity contribution >= 4 is 5.78 Å². The minimum absolute atomic E-state index is 0.0864. The molecule has 0 amide bonds. The molecule has 3 nitrogen and oxygen atoms in total. The van der Waals surface area contributed by atoms with Crippen LogP contribution in [0.5, 0.6) is 0 Å². The Bertz CT molecular complexity index is 374. The van der Waals surface area contributed by atoms with Crippen molar-refractivity contribution in [3.8, 4) is 0 Å². The predicted octanol–water partition coefficient (Wildman–Crippen LogP) is 2.84. The average Bonchev–Trinajstić information content (AvgIpc) is 2.86. The lowest BCUT2D eigenvalue weighted by Crippen LogP contribution is -2.42. The molecular weight excluding hydrogens is 228 g/mol. The Balaban J connectivity index is 1.77. The van der Waals surface area contributed by atoms with Gasteiger partial charge in [0.1, 0.15) is 5.78 Å². The molecule has 18 heavy (non-hydrogen) atoms. The maximum atomic E-state index is 12.2. The molecule has 0 aromatic rings. The minimum atomic E-state index is -0.346. The zero-order valence-corrected chi connectivity index (χ0v) is 11.2. The molecule has 1 aliphatic heterocycles. The number of carbonyl (C=O) groups is 1. The minimum Gasteiger partial charge on any atom is -0.346 e. The lowest BCUT2D eigenvalue weighted by atomic mass is 9.75. The summed E-state index contributed by atoms with van der Waals surface area (Å²) in [4.78, 5) is 12.2. The maximum Gasteiger partial charge on any atom is 0.178 e. The SMILES string of the molecule is CC(C)OC1C=C[C@]2(CC[C@H]3CCCC(=O)[C@H]32)O1. The largest absolute Gasteiger partial charge is 0.346 e. The molecule has 2 aliphatic carbocycles. The molecule has 2 saturated carbocycles. The standard InChI is InChI=1S/C15H22O3/c1-10(2)17-13-7-9-15(18-13)8-6-11-4-3-5-12(16)14(11)15/h7,9-11,13-14H,3-6,8H2,1-2H3/t11-,13?,14+,15+/m1/s1. The zero-order chi connectivity index (χ0) is 12.8. The van der Waals surface area contributed by atoms with Crippen LogP contribution in [0.1, 0.15) is 46.0 Å². The topological polar surface area (TPSA) is 35.5 Å². The molecule has 3 heteroatoms. The highest BCUT2D eigenvalue weighted by Gasteiger charge is 2.55. The summed E-state index contributed by atoms with van der Waals surface area (Å²) < 4.78 is 11.8. The molecule has 0 N–H and O–H groups in total. The molecule has 0 radical (unpaired) electrons. The summed E-state index contributed by atoms with van der Waals surface area (Å²) in [7, 11) is 0. The first-order valence-electron chi connectivity index (χ1n) is 7.16. The molecule has 3 aliphatic rings. The highest BCUT2D eigenvalue weighted by molar-refractivity contribution is 5.84. The van der Waals surface area contributed by atoms with Crippen molar-refractivity contribution in [3.63, 3.8) is 0 Å². The van der Waals surface area contributed by atoms with Gasteiger partial charge in [0, 0.05) is 6.42 Å². The maximum absolute atomic E-state index is 12.2. The fourth-order valence-electron chi connectivity index (χ4n) is 3.87. The van der Waals surface area contributed by atoms with Crippen LogP contribution in [0.2, 0.25) is 0 Å². The van der Waals surface area contributed by atoms with Gasteiger partial charge in [-0.1, -0.05) is 6.08 Å². The van der Waals surface area contributed by atoms with Gasteiger partial charge in [0.25, 0.3) is 0 Å². The summed E-state index contributed by atoms with van der Waals surface area (Å²) in [5.41, 5.74) is -0.346. The van der Waals surface area contributed by atoms with Crippen LogP contribution in [0.4, 0.5) is 0 Å². The van der Waals surface area contributed by atoms with Crippen LogP contribution in [-0.4, -0.2) is 23.8 Å². The van der Waals surface area contributed by atoms with Crippen molar-refractivity contribution in [2.45, 2.75) is 63.9 Å². The van der Waals surface area contributed by atoms with E-state index in [-0.39, 0.29) is 23.9 Å². The summed E-state index contributed by atoms with van der Waals surface area (Å²) in [6.45, 7) is 4.01. The monoisotopic (exact) mass is 250 g/mol. The first-order valence-corrected chi connectivity index (χ1v) is 7.16. The third kappa shape index (κ3) is 1.94. The first-order chi connectivity index (χ1) is 8.61. The summed E-state index contributed by atoms with van der Waals surface area (Å²) in [6, 6.07) is 0. The first kappa shape index (κ1) is 12.4. The Morgan fingerprint density at radius 2 is 2.28 bits per heavy atom. The summed E-state index contributed by atoms with van der Waals surface area (Å²) in [5.74, 6) is 1.02. The summed E-state index contributed by atoms with van der Waals surface area (Å²) in [6.07, 6.45) is 9.05. The van der Waals surface area contributed by atoms with Crippen molar-refractivity contribution in [2.75, 3.05) is 0 Å². The number of hydrogen-bond acceptors (Lipinski definition) is 3. The Morgan fingerprint density at radius 3 is 3.06 bits per heavy atom. The Morgan fingerprint density at radius 1 is 1.44 bits per heavy atom. The van der Waals surface area contributed by atoms with Gasteiger partial charge in [-0.2, -0.15) is 0 Å². The predicted molar refractivity (Wildman–Crippen MR) is 68.0 cm³/mol. The number of rotatable bonds is 2. The van der Waals surface area contributed by atoms with Gasteiger partial charge in [-0.3, -0.25) is 4.79 Å². The molecule has 0 aromatic heterocycles. The number of fused-ring (bicyclic) bond motifs is 2. The van der Waals surface area contributed by atoms with Gasteiger partial charge in [0.15, 0.2) is 6.29 Å². The third-order valence-corrected chi connectivity index (χ3v) is 4.53. The van der Waals surface area contributed by atoms with E-state index in [1.165, 1.54) is 6.42 Å². The van der Waals surface area contributed by atoms with Gasteiger partial charge in [-0.25, -0.2) is 0 Å². The molecule has 1 spiro atoms. The van der Waals surface area contributed by atoms with Gasteiger partial charge in [-0.05, 0) is 51.5 Å². The molecule has 1 unspecified atom stereocenters. The molecule has 0 saturated heterocycles. The molecule has 1 heterocycles. The van der Waals surface area contributed by atoms with Gasteiger partial charge in [-0.15, -0.1) is 0 Å². The Labute approximate surface area is 109 Å². The van der Waals surface area contributed by atoms with Crippen LogP contribution in [0, 0.1) is 11.8 Å². The number of hydrogen-bond donors (Lipinski definition) is 0. The van der Waals surface area contributed by atoms with Crippen molar-refractivity contribution in [3.05, 3.63) is 12.2 Å². The second kappa shape index (κ2) is 4.46. The normalized spacial score (nSPS) is 43.1. The quantitative estimate of drug-likeness (QED) is 0.707. The second-order valence-electron chi connectivity index (χ2n) is 6.12. The molecular formula is C15H22O3.